The zero-order valence-electron chi connectivity index (χ0n) is 9.74. The van der Waals surface area contributed by atoms with Gasteiger partial charge in [0.2, 0.25) is 5.95 Å². The van der Waals surface area contributed by atoms with Crippen molar-refractivity contribution in [3.63, 3.8) is 0 Å². The number of benzene rings is 1. The van der Waals surface area contributed by atoms with Crippen LogP contribution in [0.5, 0.6) is 0 Å². The number of halogens is 2. The molecule has 2 N–H and O–H groups in total. The first-order chi connectivity index (χ1) is 8.69. The summed E-state index contributed by atoms with van der Waals surface area (Å²) in [6.07, 6.45) is 1.56. The summed E-state index contributed by atoms with van der Waals surface area (Å²) >= 11 is 11.9. The van der Waals surface area contributed by atoms with Gasteiger partial charge in [-0.05, 0) is 17.7 Å². The van der Waals surface area contributed by atoms with Gasteiger partial charge in [-0.1, -0.05) is 35.3 Å². The average Bonchev–Trinajstić information content (AvgIpc) is 2.38. The minimum atomic E-state index is 0.482. The van der Waals surface area contributed by atoms with E-state index in [9.17, 15) is 0 Å². The lowest BCUT2D eigenvalue weighted by atomic mass is 10.2. The standard InChI is InChI=1S/C12H12Cl2N4/c1-15-12-17-7-10(14)11(18-12)16-6-8-3-2-4-9(13)5-8/h2-5,7H,6H2,1H3,(H2,15,16,17,18). The summed E-state index contributed by atoms with van der Waals surface area (Å²) < 4.78 is 0. The van der Waals surface area contributed by atoms with Crippen molar-refractivity contribution in [3.05, 3.63) is 46.1 Å². The number of nitrogens with one attached hydrogen (secondary N) is 2. The van der Waals surface area contributed by atoms with Crippen LogP contribution in [0.1, 0.15) is 5.56 Å². The molecule has 0 saturated carbocycles. The molecular weight excluding hydrogens is 271 g/mol. The fraction of sp³-hybridized carbons (Fsp3) is 0.167. The van der Waals surface area contributed by atoms with Gasteiger partial charge in [0.1, 0.15) is 5.02 Å². The quantitative estimate of drug-likeness (QED) is 0.902. The van der Waals surface area contributed by atoms with Gasteiger partial charge in [-0.2, -0.15) is 4.98 Å². The third-order valence-electron chi connectivity index (χ3n) is 2.32. The van der Waals surface area contributed by atoms with Crippen LogP contribution < -0.4 is 10.6 Å². The Bertz CT molecular complexity index is 545. The molecule has 1 heterocycles. The maximum absolute atomic E-state index is 6.01. The lowest BCUT2D eigenvalue weighted by Gasteiger charge is -2.08. The number of nitrogens with zero attached hydrogens (tertiary/aromatic N) is 2. The molecule has 0 amide bonds. The molecule has 0 aliphatic heterocycles. The molecule has 0 unspecified atom stereocenters. The van der Waals surface area contributed by atoms with Gasteiger partial charge < -0.3 is 10.6 Å². The number of hydrogen-bond donors (Lipinski definition) is 2. The smallest absolute Gasteiger partial charge is 0.224 e. The molecule has 1 aromatic carbocycles. The largest absolute Gasteiger partial charge is 0.365 e. The van der Waals surface area contributed by atoms with E-state index in [0.717, 1.165) is 5.56 Å². The molecule has 94 valence electrons. The Morgan fingerprint density at radius 3 is 2.83 bits per heavy atom. The Labute approximate surface area is 115 Å². The molecule has 0 atom stereocenters. The van der Waals surface area contributed by atoms with Crippen LogP contribution >= 0.6 is 23.2 Å². The van der Waals surface area contributed by atoms with Crippen molar-refractivity contribution >= 4 is 35.0 Å². The zero-order chi connectivity index (χ0) is 13.0. The number of hydrogen-bond acceptors (Lipinski definition) is 4. The molecule has 6 heteroatoms. The molecule has 0 spiro atoms. The Morgan fingerprint density at radius 1 is 1.28 bits per heavy atom. The van der Waals surface area contributed by atoms with Crippen molar-refractivity contribution in [3.8, 4) is 0 Å². The van der Waals surface area contributed by atoms with E-state index in [0.29, 0.717) is 28.4 Å². The minimum Gasteiger partial charge on any atom is -0.365 e. The zero-order valence-corrected chi connectivity index (χ0v) is 11.3. The van der Waals surface area contributed by atoms with Crippen LogP contribution in [0.3, 0.4) is 0 Å². The lowest BCUT2D eigenvalue weighted by molar-refractivity contribution is 1.08. The molecule has 0 aliphatic rings. The second kappa shape index (κ2) is 5.89. The van der Waals surface area contributed by atoms with Crippen LogP contribution in [0.25, 0.3) is 0 Å². The number of anilines is 2. The summed E-state index contributed by atoms with van der Waals surface area (Å²) in [7, 11) is 1.75. The molecule has 0 fully saturated rings. The van der Waals surface area contributed by atoms with E-state index < -0.39 is 0 Å². The van der Waals surface area contributed by atoms with Gasteiger partial charge in [0.15, 0.2) is 5.82 Å². The predicted octanol–water partition coefficient (Wildman–Crippen LogP) is 3.44. The van der Waals surface area contributed by atoms with Crippen LogP contribution in [-0.2, 0) is 6.54 Å². The van der Waals surface area contributed by atoms with E-state index in [4.69, 9.17) is 23.2 Å². The SMILES string of the molecule is CNc1ncc(Cl)c(NCc2cccc(Cl)c2)n1. The first-order valence-corrected chi connectivity index (χ1v) is 6.13. The van der Waals surface area contributed by atoms with E-state index in [2.05, 4.69) is 20.6 Å². The van der Waals surface area contributed by atoms with Crippen molar-refractivity contribution < 1.29 is 0 Å². The van der Waals surface area contributed by atoms with Crippen LogP contribution in [0.2, 0.25) is 10.0 Å². The molecule has 1 aromatic heterocycles. The Kier molecular flexibility index (Phi) is 4.23. The summed E-state index contributed by atoms with van der Waals surface area (Å²) in [6.45, 7) is 0.598. The van der Waals surface area contributed by atoms with Gasteiger partial charge >= 0.3 is 0 Å². The Hall–Kier alpha value is -1.52. The first kappa shape index (κ1) is 12.9. The summed E-state index contributed by atoms with van der Waals surface area (Å²) in [5, 5.41) is 7.20. The third kappa shape index (κ3) is 3.24. The molecule has 0 radical (unpaired) electrons. The average molecular weight is 283 g/mol. The summed E-state index contributed by atoms with van der Waals surface area (Å²) in [6, 6.07) is 7.61. The molecular formula is C12H12Cl2N4. The van der Waals surface area contributed by atoms with Gasteiger partial charge in [-0.15, -0.1) is 0 Å². The Balaban J connectivity index is 2.10. The van der Waals surface area contributed by atoms with Crippen molar-refractivity contribution in [2.45, 2.75) is 6.54 Å². The van der Waals surface area contributed by atoms with Crippen LogP contribution in [0, 0.1) is 0 Å². The fourth-order valence-electron chi connectivity index (χ4n) is 1.44. The number of aromatic nitrogens is 2. The molecule has 2 aromatic rings. The van der Waals surface area contributed by atoms with Gasteiger partial charge in [-0.25, -0.2) is 4.98 Å². The van der Waals surface area contributed by atoms with Crippen LogP contribution in [-0.4, -0.2) is 17.0 Å². The highest BCUT2D eigenvalue weighted by Crippen LogP contribution is 2.20. The topological polar surface area (TPSA) is 49.8 Å². The maximum Gasteiger partial charge on any atom is 0.224 e. The molecule has 4 nitrogen and oxygen atoms in total. The van der Waals surface area contributed by atoms with E-state index in [1.165, 1.54) is 0 Å². The third-order valence-corrected chi connectivity index (χ3v) is 2.83. The molecule has 0 aliphatic carbocycles. The van der Waals surface area contributed by atoms with Gasteiger partial charge in [0.25, 0.3) is 0 Å². The lowest BCUT2D eigenvalue weighted by Crippen LogP contribution is -2.05. The molecule has 0 bridgehead atoms. The van der Waals surface area contributed by atoms with Crippen molar-refractivity contribution in [2.75, 3.05) is 17.7 Å². The molecule has 2 rings (SSSR count). The van der Waals surface area contributed by atoms with Crippen molar-refractivity contribution in [1.29, 1.82) is 0 Å². The van der Waals surface area contributed by atoms with Crippen LogP contribution in [0.15, 0.2) is 30.5 Å². The second-order valence-corrected chi connectivity index (χ2v) is 4.47. The normalized spacial score (nSPS) is 10.2. The Morgan fingerprint density at radius 2 is 2.11 bits per heavy atom. The van der Waals surface area contributed by atoms with Crippen molar-refractivity contribution in [1.82, 2.24) is 9.97 Å². The van der Waals surface area contributed by atoms with E-state index in [1.807, 2.05) is 24.3 Å². The van der Waals surface area contributed by atoms with Crippen LogP contribution in [0.4, 0.5) is 11.8 Å². The molecule has 18 heavy (non-hydrogen) atoms. The highest BCUT2D eigenvalue weighted by atomic mass is 35.5. The molecule has 0 saturated heterocycles. The van der Waals surface area contributed by atoms with Crippen molar-refractivity contribution in [2.24, 2.45) is 0 Å². The van der Waals surface area contributed by atoms with Gasteiger partial charge in [-0.3, -0.25) is 0 Å². The monoisotopic (exact) mass is 282 g/mol. The highest BCUT2D eigenvalue weighted by molar-refractivity contribution is 6.32. The summed E-state index contributed by atoms with van der Waals surface area (Å²) in [4.78, 5) is 8.24. The van der Waals surface area contributed by atoms with E-state index in [-0.39, 0.29) is 0 Å². The predicted molar refractivity (Wildman–Crippen MR) is 75.4 cm³/mol. The maximum atomic E-state index is 6.01. The highest BCUT2D eigenvalue weighted by Gasteiger charge is 2.04. The summed E-state index contributed by atoms with van der Waals surface area (Å²) in [5.74, 6) is 1.11. The fourth-order valence-corrected chi connectivity index (χ4v) is 1.82. The van der Waals surface area contributed by atoms with E-state index >= 15 is 0 Å². The summed E-state index contributed by atoms with van der Waals surface area (Å²) in [5.41, 5.74) is 1.06. The van der Waals surface area contributed by atoms with E-state index in [1.54, 1.807) is 13.2 Å². The van der Waals surface area contributed by atoms with Gasteiger partial charge in [0, 0.05) is 18.6 Å². The van der Waals surface area contributed by atoms with Gasteiger partial charge in [0.05, 0.1) is 6.20 Å². The second-order valence-electron chi connectivity index (χ2n) is 3.62. The minimum absolute atomic E-state index is 0.482. The number of rotatable bonds is 4. The first-order valence-electron chi connectivity index (χ1n) is 5.37.